The first-order valence-electron chi connectivity index (χ1n) is 10.7. The Morgan fingerprint density at radius 3 is 2.54 bits per heavy atom. The number of hydrogen-bond donors (Lipinski definition) is 2. The fraction of sp³-hybridized carbons (Fsp3) is 0.950. The number of ether oxygens (including phenoxy) is 1. The van der Waals surface area contributed by atoms with E-state index in [1.165, 1.54) is 51.6 Å². The maximum absolute atomic E-state index is 5.55. The predicted molar refractivity (Wildman–Crippen MR) is 108 cm³/mol. The van der Waals surface area contributed by atoms with Crippen molar-refractivity contribution in [2.75, 3.05) is 46.4 Å². The summed E-state index contributed by atoms with van der Waals surface area (Å²) in [5.74, 6) is 0.956. The number of rotatable bonds is 5. The minimum absolute atomic E-state index is 0.483. The summed E-state index contributed by atoms with van der Waals surface area (Å²) >= 11 is 0. The van der Waals surface area contributed by atoms with Gasteiger partial charge >= 0.3 is 0 Å². The molecule has 0 bridgehead atoms. The maximum atomic E-state index is 5.55. The summed E-state index contributed by atoms with van der Waals surface area (Å²) in [7, 11) is 1.88. The number of hydrogen-bond acceptors (Lipinski definition) is 4. The average Bonchev–Trinajstić information content (AvgIpc) is 3.20. The zero-order chi connectivity index (χ0) is 18.4. The lowest BCUT2D eigenvalue weighted by molar-refractivity contribution is -0.0174. The summed E-state index contributed by atoms with van der Waals surface area (Å²) < 4.78 is 5.55. The monoisotopic (exact) mass is 365 g/mol. The molecule has 2 heterocycles. The molecular formula is C20H39N5O. The predicted octanol–water partition coefficient (Wildman–Crippen LogP) is 1.67. The summed E-state index contributed by atoms with van der Waals surface area (Å²) in [5.41, 5.74) is 0. The molecule has 0 radical (unpaired) electrons. The van der Waals surface area contributed by atoms with Crippen molar-refractivity contribution in [3.8, 4) is 0 Å². The van der Waals surface area contributed by atoms with E-state index < -0.39 is 0 Å². The Morgan fingerprint density at radius 2 is 1.88 bits per heavy atom. The highest BCUT2D eigenvalue weighted by atomic mass is 16.5. The second-order valence-electron chi connectivity index (χ2n) is 8.36. The van der Waals surface area contributed by atoms with Crippen LogP contribution in [0.5, 0.6) is 0 Å². The molecule has 6 nitrogen and oxygen atoms in total. The number of likely N-dealkylation sites (tertiary alicyclic amines) is 1. The van der Waals surface area contributed by atoms with E-state index in [-0.39, 0.29) is 0 Å². The SMILES string of the molecule is CN=C(NCC(C)N1CCOCC1C)NC1CCN(C2CCCC2)CC1. The molecule has 2 N–H and O–H groups in total. The lowest BCUT2D eigenvalue weighted by Crippen LogP contribution is -2.54. The van der Waals surface area contributed by atoms with Crippen LogP contribution in [0.4, 0.5) is 0 Å². The zero-order valence-electron chi connectivity index (χ0n) is 17.0. The second kappa shape index (κ2) is 9.90. The van der Waals surface area contributed by atoms with Gasteiger partial charge in [-0.25, -0.2) is 0 Å². The number of guanidine groups is 1. The highest BCUT2D eigenvalue weighted by Crippen LogP contribution is 2.26. The van der Waals surface area contributed by atoms with Crippen LogP contribution in [0.15, 0.2) is 4.99 Å². The van der Waals surface area contributed by atoms with Crippen molar-refractivity contribution >= 4 is 5.96 Å². The summed E-state index contributed by atoms with van der Waals surface area (Å²) in [6.45, 7) is 10.7. The van der Waals surface area contributed by atoms with Gasteiger partial charge in [-0.1, -0.05) is 12.8 Å². The van der Waals surface area contributed by atoms with E-state index in [0.717, 1.165) is 38.3 Å². The van der Waals surface area contributed by atoms with Crippen LogP contribution in [0.25, 0.3) is 0 Å². The van der Waals surface area contributed by atoms with Gasteiger partial charge < -0.3 is 20.3 Å². The van der Waals surface area contributed by atoms with Gasteiger partial charge in [-0.2, -0.15) is 0 Å². The molecule has 3 aliphatic rings. The third-order valence-corrected chi connectivity index (χ3v) is 6.49. The summed E-state index contributed by atoms with van der Waals surface area (Å²) in [4.78, 5) is 9.71. The minimum atomic E-state index is 0.483. The molecule has 2 unspecified atom stereocenters. The molecule has 0 spiro atoms. The van der Waals surface area contributed by atoms with Gasteiger partial charge in [0.15, 0.2) is 5.96 Å². The molecule has 26 heavy (non-hydrogen) atoms. The maximum Gasteiger partial charge on any atom is 0.191 e. The Morgan fingerprint density at radius 1 is 1.15 bits per heavy atom. The quantitative estimate of drug-likeness (QED) is 0.573. The van der Waals surface area contributed by atoms with E-state index in [0.29, 0.717) is 18.1 Å². The third kappa shape index (κ3) is 5.33. The fourth-order valence-corrected chi connectivity index (χ4v) is 4.82. The van der Waals surface area contributed by atoms with E-state index in [9.17, 15) is 0 Å². The van der Waals surface area contributed by atoms with Gasteiger partial charge in [0.1, 0.15) is 0 Å². The largest absolute Gasteiger partial charge is 0.379 e. The number of nitrogens with one attached hydrogen (secondary N) is 2. The van der Waals surface area contributed by atoms with Crippen LogP contribution in [-0.4, -0.2) is 86.4 Å². The molecule has 150 valence electrons. The first-order chi connectivity index (χ1) is 12.7. The van der Waals surface area contributed by atoms with Gasteiger partial charge in [-0.3, -0.25) is 9.89 Å². The summed E-state index contributed by atoms with van der Waals surface area (Å²) in [5, 5.41) is 7.20. The fourth-order valence-electron chi connectivity index (χ4n) is 4.82. The van der Waals surface area contributed by atoms with Crippen LogP contribution in [-0.2, 0) is 4.74 Å². The van der Waals surface area contributed by atoms with Crippen molar-refractivity contribution in [2.45, 2.75) is 76.5 Å². The molecule has 0 aromatic heterocycles. The van der Waals surface area contributed by atoms with Crippen molar-refractivity contribution in [1.82, 2.24) is 20.4 Å². The minimum Gasteiger partial charge on any atom is -0.379 e. The number of morpholine rings is 1. The molecule has 1 aliphatic carbocycles. The molecular weight excluding hydrogens is 326 g/mol. The van der Waals surface area contributed by atoms with Gasteiger partial charge in [0.25, 0.3) is 0 Å². The summed E-state index contributed by atoms with van der Waals surface area (Å²) in [6.07, 6.45) is 8.15. The Bertz CT molecular complexity index is 443. The van der Waals surface area contributed by atoms with E-state index in [2.05, 4.69) is 39.3 Å². The van der Waals surface area contributed by atoms with Gasteiger partial charge in [0.05, 0.1) is 13.2 Å². The van der Waals surface area contributed by atoms with Crippen LogP contribution in [0, 0.1) is 0 Å². The average molecular weight is 366 g/mol. The molecule has 1 saturated carbocycles. The highest BCUT2D eigenvalue weighted by molar-refractivity contribution is 5.80. The van der Waals surface area contributed by atoms with E-state index >= 15 is 0 Å². The summed E-state index contributed by atoms with van der Waals surface area (Å²) in [6, 6.07) is 2.40. The van der Waals surface area contributed by atoms with E-state index in [1.807, 2.05) is 7.05 Å². The van der Waals surface area contributed by atoms with E-state index in [4.69, 9.17) is 4.74 Å². The smallest absolute Gasteiger partial charge is 0.191 e. The van der Waals surface area contributed by atoms with Crippen LogP contribution in [0.2, 0.25) is 0 Å². The first kappa shape index (κ1) is 19.9. The van der Waals surface area contributed by atoms with Crippen LogP contribution in [0.1, 0.15) is 52.4 Å². The molecule has 0 aromatic rings. The zero-order valence-corrected chi connectivity index (χ0v) is 17.0. The second-order valence-corrected chi connectivity index (χ2v) is 8.36. The molecule has 6 heteroatoms. The molecule has 2 aliphatic heterocycles. The molecule has 2 saturated heterocycles. The van der Waals surface area contributed by atoms with Crippen molar-refractivity contribution in [3.63, 3.8) is 0 Å². The van der Waals surface area contributed by atoms with Gasteiger partial charge in [0.2, 0.25) is 0 Å². The Hall–Kier alpha value is -0.850. The molecule has 2 atom stereocenters. The van der Waals surface area contributed by atoms with Crippen LogP contribution in [0.3, 0.4) is 0 Å². The number of nitrogens with zero attached hydrogens (tertiary/aromatic N) is 3. The van der Waals surface area contributed by atoms with Crippen LogP contribution >= 0.6 is 0 Å². The van der Waals surface area contributed by atoms with Gasteiger partial charge in [-0.15, -0.1) is 0 Å². The lowest BCUT2D eigenvalue weighted by atomic mass is 10.0. The van der Waals surface area contributed by atoms with E-state index in [1.54, 1.807) is 0 Å². The normalized spacial score (nSPS) is 29.0. The number of piperidine rings is 1. The molecule has 0 aromatic carbocycles. The van der Waals surface area contributed by atoms with Crippen LogP contribution < -0.4 is 10.6 Å². The highest BCUT2D eigenvalue weighted by Gasteiger charge is 2.28. The topological polar surface area (TPSA) is 52.1 Å². The Balaban J connectivity index is 1.38. The first-order valence-corrected chi connectivity index (χ1v) is 10.7. The molecule has 0 amide bonds. The lowest BCUT2D eigenvalue weighted by Gasteiger charge is -2.38. The van der Waals surface area contributed by atoms with Gasteiger partial charge in [0, 0.05) is 57.4 Å². The Labute approximate surface area is 159 Å². The van der Waals surface area contributed by atoms with Gasteiger partial charge in [-0.05, 0) is 39.5 Å². The van der Waals surface area contributed by atoms with Crippen molar-refractivity contribution < 1.29 is 4.74 Å². The van der Waals surface area contributed by atoms with Crippen molar-refractivity contribution in [3.05, 3.63) is 0 Å². The molecule has 3 fully saturated rings. The Kier molecular flexibility index (Phi) is 7.58. The number of aliphatic imine (C=N–C) groups is 1. The van der Waals surface area contributed by atoms with Crippen molar-refractivity contribution in [1.29, 1.82) is 0 Å². The third-order valence-electron chi connectivity index (χ3n) is 6.49. The molecule has 3 rings (SSSR count). The van der Waals surface area contributed by atoms with Crippen molar-refractivity contribution in [2.24, 2.45) is 4.99 Å². The standard InChI is InChI=1S/C20H39N5O/c1-16(25-12-13-26-15-17(25)2)14-22-20(21-3)23-18-8-10-24(11-9-18)19-6-4-5-7-19/h16-19H,4-15H2,1-3H3,(H2,21,22,23).